The number of aromatic nitrogens is 1. The molecule has 2 N–H and O–H groups in total. The quantitative estimate of drug-likeness (QED) is 0.704. The van der Waals surface area contributed by atoms with Crippen molar-refractivity contribution in [2.24, 2.45) is 0 Å². The van der Waals surface area contributed by atoms with Gasteiger partial charge < -0.3 is 10.1 Å². The first-order chi connectivity index (χ1) is 5.66. The van der Waals surface area contributed by atoms with Gasteiger partial charge in [-0.15, -0.1) is 0 Å². The topological polar surface area (TPSA) is 53.1 Å². The fourth-order valence-corrected chi connectivity index (χ4v) is 1.07. The Morgan fingerprint density at radius 3 is 2.75 bits per heavy atom. The minimum atomic E-state index is -0.889. The number of aromatic amines is 1. The van der Waals surface area contributed by atoms with Crippen molar-refractivity contribution in [3.05, 3.63) is 29.1 Å². The molecular weight excluding hydrogens is 154 g/mol. The molecular formula is C9H11NO2. The molecule has 12 heavy (non-hydrogen) atoms. The Labute approximate surface area is 70.7 Å². The molecule has 1 heterocycles. The highest BCUT2D eigenvalue weighted by Crippen LogP contribution is 2.13. The Hall–Kier alpha value is -1.51. The van der Waals surface area contributed by atoms with E-state index in [0.29, 0.717) is 5.56 Å². The maximum Gasteiger partial charge on any atom is 0.337 e. The van der Waals surface area contributed by atoms with Crippen LogP contribution in [0.3, 0.4) is 0 Å². The third kappa shape index (κ3) is 1.39. The molecule has 0 aliphatic carbocycles. The zero-order valence-corrected chi connectivity index (χ0v) is 7.09. The molecule has 0 unspecified atom stereocenters. The molecule has 64 valence electrons. The number of hydrogen-bond acceptors (Lipinski definition) is 1. The first kappa shape index (κ1) is 8.59. The number of rotatable bonds is 2. The van der Waals surface area contributed by atoms with Gasteiger partial charge in [0, 0.05) is 11.9 Å². The van der Waals surface area contributed by atoms with Crippen LogP contribution in [0.5, 0.6) is 0 Å². The molecule has 0 bridgehead atoms. The third-order valence-corrected chi connectivity index (χ3v) is 1.74. The van der Waals surface area contributed by atoms with E-state index in [-0.39, 0.29) is 0 Å². The summed E-state index contributed by atoms with van der Waals surface area (Å²) in [6.07, 6.45) is 5.22. The highest BCUT2D eigenvalue weighted by molar-refractivity contribution is 5.90. The van der Waals surface area contributed by atoms with Crippen LogP contribution in [0.2, 0.25) is 0 Å². The van der Waals surface area contributed by atoms with Crippen LogP contribution in [0.25, 0.3) is 6.08 Å². The van der Waals surface area contributed by atoms with Gasteiger partial charge in [0.15, 0.2) is 0 Å². The zero-order valence-electron chi connectivity index (χ0n) is 7.09. The Bertz CT molecular complexity index is 323. The van der Waals surface area contributed by atoms with Crippen molar-refractivity contribution in [1.82, 2.24) is 4.98 Å². The number of carboxylic acids is 1. The van der Waals surface area contributed by atoms with Gasteiger partial charge in [-0.05, 0) is 25.5 Å². The molecule has 3 nitrogen and oxygen atoms in total. The van der Waals surface area contributed by atoms with E-state index in [9.17, 15) is 4.79 Å². The molecule has 1 rings (SSSR count). The second-order valence-corrected chi connectivity index (χ2v) is 2.55. The molecule has 0 radical (unpaired) electrons. The standard InChI is InChI=1S/C9H11NO2/c1-3-4-8-6(2)7(5-10-8)9(11)12/h3-5,10H,1-2H3,(H,11,12)/b4-3-. The van der Waals surface area contributed by atoms with E-state index in [1.54, 1.807) is 6.92 Å². The lowest BCUT2D eigenvalue weighted by atomic mass is 10.1. The summed E-state index contributed by atoms with van der Waals surface area (Å²) in [5.41, 5.74) is 1.97. The molecule has 0 amide bonds. The van der Waals surface area contributed by atoms with Gasteiger partial charge in [0.25, 0.3) is 0 Å². The number of carbonyl (C=O) groups is 1. The van der Waals surface area contributed by atoms with Gasteiger partial charge in [0.1, 0.15) is 0 Å². The van der Waals surface area contributed by atoms with Crippen molar-refractivity contribution in [3.8, 4) is 0 Å². The summed E-state index contributed by atoms with van der Waals surface area (Å²) in [5.74, 6) is -0.889. The van der Waals surface area contributed by atoms with Crippen LogP contribution in [0.4, 0.5) is 0 Å². The summed E-state index contributed by atoms with van der Waals surface area (Å²) in [6, 6.07) is 0. The monoisotopic (exact) mass is 165 g/mol. The van der Waals surface area contributed by atoms with Gasteiger partial charge >= 0.3 is 5.97 Å². The fraction of sp³-hybridized carbons (Fsp3) is 0.222. The molecule has 1 aromatic rings. The van der Waals surface area contributed by atoms with Gasteiger partial charge in [0.05, 0.1) is 5.56 Å². The zero-order chi connectivity index (χ0) is 9.14. The minimum Gasteiger partial charge on any atom is -0.478 e. The fourth-order valence-electron chi connectivity index (χ4n) is 1.07. The van der Waals surface area contributed by atoms with Crippen molar-refractivity contribution in [2.45, 2.75) is 13.8 Å². The average Bonchev–Trinajstić information content (AvgIpc) is 2.34. The van der Waals surface area contributed by atoms with Gasteiger partial charge in [0.2, 0.25) is 0 Å². The number of H-pyrrole nitrogens is 1. The van der Waals surface area contributed by atoms with Crippen molar-refractivity contribution >= 4 is 12.0 Å². The molecule has 0 saturated heterocycles. The summed E-state index contributed by atoms with van der Waals surface area (Å²) in [7, 11) is 0. The normalized spacial score (nSPS) is 10.8. The lowest BCUT2D eigenvalue weighted by Gasteiger charge is -1.91. The van der Waals surface area contributed by atoms with Crippen LogP contribution in [0, 0.1) is 6.92 Å². The lowest BCUT2D eigenvalue weighted by molar-refractivity contribution is 0.0696. The Balaban J connectivity index is 3.12. The van der Waals surface area contributed by atoms with Crippen LogP contribution in [0.1, 0.15) is 28.5 Å². The number of allylic oxidation sites excluding steroid dienone is 1. The number of hydrogen-bond donors (Lipinski definition) is 2. The molecule has 0 aromatic carbocycles. The van der Waals surface area contributed by atoms with Crippen LogP contribution in [0.15, 0.2) is 12.3 Å². The SMILES string of the molecule is C/C=C\c1[nH]cc(C(=O)O)c1C. The molecule has 3 heteroatoms. The smallest absolute Gasteiger partial charge is 0.337 e. The molecule has 1 aromatic heterocycles. The van der Waals surface area contributed by atoms with E-state index in [1.165, 1.54) is 6.20 Å². The molecule has 0 aliphatic rings. The summed E-state index contributed by atoms with van der Waals surface area (Å²) < 4.78 is 0. The summed E-state index contributed by atoms with van der Waals surface area (Å²) in [6.45, 7) is 3.68. The average molecular weight is 165 g/mol. The van der Waals surface area contributed by atoms with Gasteiger partial charge in [-0.3, -0.25) is 0 Å². The number of aromatic carboxylic acids is 1. The molecule has 0 aliphatic heterocycles. The first-order valence-electron chi connectivity index (χ1n) is 3.70. The molecule has 0 atom stereocenters. The van der Waals surface area contributed by atoms with E-state index >= 15 is 0 Å². The highest BCUT2D eigenvalue weighted by Gasteiger charge is 2.10. The van der Waals surface area contributed by atoms with Crippen LogP contribution in [-0.4, -0.2) is 16.1 Å². The van der Waals surface area contributed by atoms with Crippen LogP contribution < -0.4 is 0 Å². The summed E-state index contributed by atoms with van der Waals surface area (Å²) in [4.78, 5) is 13.5. The Morgan fingerprint density at radius 1 is 1.67 bits per heavy atom. The summed E-state index contributed by atoms with van der Waals surface area (Å²) in [5, 5.41) is 8.70. The van der Waals surface area contributed by atoms with E-state index in [1.807, 2.05) is 19.1 Å². The van der Waals surface area contributed by atoms with Crippen molar-refractivity contribution in [3.63, 3.8) is 0 Å². The highest BCUT2D eigenvalue weighted by atomic mass is 16.4. The Kier molecular flexibility index (Phi) is 2.33. The van der Waals surface area contributed by atoms with Gasteiger partial charge in [-0.2, -0.15) is 0 Å². The van der Waals surface area contributed by atoms with Crippen molar-refractivity contribution in [1.29, 1.82) is 0 Å². The third-order valence-electron chi connectivity index (χ3n) is 1.74. The second-order valence-electron chi connectivity index (χ2n) is 2.55. The van der Waals surface area contributed by atoms with E-state index < -0.39 is 5.97 Å². The van der Waals surface area contributed by atoms with E-state index in [4.69, 9.17) is 5.11 Å². The number of carboxylic acid groups (broad SMARTS) is 1. The predicted octanol–water partition coefficient (Wildman–Crippen LogP) is 2.05. The Morgan fingerprint density at radius 2 is 2.33 bits per heavy atom. The van der Waals surface area contributed by atoms with Gasteiger partial charge in [-0.1, -0.05) is 6.08 Å². The molecule has 0 fully saturated rings. The van der Waals surface area contributed by atoms with E-state index in [2.05, 4.69) is 4.98 Å². The summed E-state index contributed by atoms with van der Waals surface area (Å²) >= 11 is 0. The van der Waals surface area contributed by atoms with Crippen LogP contribution >= 0.6 is 0 Å². The molecule has 0 spiro atoms. The minimum absolute atomic E-state index is 0.336. The van der Waals surface area contributed by atoms with Crippen molar-refractivity contribution < 1.29 is 9.90 Å². The maximum atomic E-state index is 10.6. The maximum absolute atomic E-state index is 10.6. The van der Waals surface area contributed by atoms with Crippen molar-refractivity contribution in [2.75, 3.05) is 0 Å². The number of nitrogens with one attached hydrogen (secondary N) is 1. The molecule has 0 saturated carbocycles. The second kappa shape index (κ2) is 3.26. The largest absolute Gasteiger partial charge is 0.478 e. The first-order valence-corrected chi connectivity index (χ1v) is 3.70. The predicted molar refractivity (Wildman–Crippen MR) is 47.2 cm³/mol. The van der Waals surface area contributed by atoms with E-state index in [0.717, 1.165) is 11.3 Å². The lowest BCUT2D eigenvalue weighted by Crippen LogP contribution is -1.95. The van der Waals surface area contributed by atoms with Crippen LogP contribution in [-0.2, 0) is 0 Å². The van der Waals surface area contributed by atoms with Gasteiger partial charge in [-0.25, -0.2) is 4.79 Å².